The lowest BCUT2D eigenvalue weighted by Crippen LogP contribution is -2.36. The van der Waals surface area contributed by atoms with E-state index in [0.717, 1.165) is 25.2 Å². The van der Waals surface area contributed by atoms with Gasteiger partial charge >= 0.3 is 5.97 Å². The minimum absolute atomic E-state index is 0.331. The van der Waals surface area contributed by atoms with Crippen LogP contribution in [0.5, 0.6) is 5.75 Å². The van der Waals surface area contributed by atoms with E-state index in [9.17, 15) is 4.79 Å². The van der Waals surface area contributed by atoms with Crippen LogP contribution in [-0.2, 0) is 11.3 Å². The number of rotatable bonds is 5. The molecule has 2 aliphatic rings. The summed E-state index contributed by atoms with van der Waals surface area (Å²) in [4.78, 5) is 15.7. The molecule has 1 aromatic carbocycles. The number of carboxylic acids is 1. The molecule has 2 bridgehead atoms. The Morgan fingerprint density at radius 1 is 1.35 bits per heavy atom. The number of benzene rings is 1. The summed E-state index contributed by atoms with van der Waals surface area (Å²) in [5.41, 5.74) is 0.958. The average molecular weight is 339 g/mol. The lowest BCUT2D eigenvalue weighted by molar-refractivity contribution is -0.139. The molecule has 0 radical (unpaired) electrons. The van der Waals surface area contributed by atoms with Gasteiger partial charge in [0.05, 0.1) is 0 Å². The lowest BCUT2D eigenvalue weighted by atomic mass is 10.1. The Labute approximate surface area is 141 Å². The van der Waals surface area contributed by atoms with Gasteiger partial charge in [-0.2, -0.15) is 0 Å². The highest BCUT2D eigenvalue weighted by Crippen LogP contribution is 2.30. The number of hydrogen-bond acceptors (Lipinski definition) is 4. The molecule has 0 saturated carbocycles. The first-order valence-corrected chi connectivity index (χ1v) is 8.48. The molecule has 0 amide bonds. The van der Waals surface area contributed by atoms with E-state index in [0.29, 0.717) is 22.9 Å². The standard InChI is InChI=1S/C17H23ClN2O3/c1-19-14-3-4-15(19)10-20(7-6-14)9-12-8-13(18)2-5-16(12)23-11-17(21)22/h2,5,8,14-15H,3-4,6-7,9-11H2,1H3,(H,21,22)/t14-,15+/m0/s1. The first-order chi connectivity index (χ1) is 11.0. The molecular weight excluding hydrogens is 316 g/mol. The molecule has 2 fully saturated rings. The van der Waals surface area contributed by atoms with Crippen LogP contribution in [0, 0.1) is 0 Å². The van der Waals surface area contributed by atoms with E-state index < -0.39 is 5.97 Å². The maximum Gasteiger partial charge on any atom is 0.341 e. The van der Waals surface area contributed by atoms with Crippen LogP contribution in [0.1, 0.15) is 24.8 Å². The number of aliphatic carboxylic acids is 1. The van der Waals surface area contributed by atoms with Crippen molar-refractivity contribution < 1.29 is 14.6 Å². The summed E-state index contributed by atoms with van der Waals surface area (Å²) < 4.78 is 5.41. The SMILES string of the molecule is CN1[C@H]2CC[C@@H]1CN(Cc1cc(Cl)ccc1OCC(=O)O)CC2. The van der Waals surface area contributed by atoms with E-state index in [2.05, 4.69) is 16.8 Å². The molecule has 3 rings (SSSR count). The molecule has 2 heterocycles. The maximum absolute atomic E-state index is 10.7. The van der Waals surface area contributed by atoms with Gasteiger partial charge in [-0.1, -0.05) is 11.6 Å². The third kappa shape index (κ3) is 3.97. The number of hydrogen-bond donors (Lipinski definition) is 1. The Morgan fingerprint density at radius 2 is 2.13 bits per heavy atom. The van der Waals surface area contributed by atoms with E-state index in [1.54, 1.807) is 12.1 Å². The predicted molar refractivity (Wildman–Crippen MR) is 89.0 cm³/mol. The Kier molecular flexibility index (Phi) is 5.09. The van der Waals surface area contributed by atoms with Crippen LogP contribution in [0.2, 0.25) is 5.02 Å². The molecular formula is C17H23ClN2O3. The fourth-order valence-electron chi connectivity index (χ4n) is 3.72. The molecule has 2 atom stereocenters. The maximum atomic E-state index is 10.7. The van der Waals surface area contributed by atoms with Gasteiger partial charge < -0.3 is 9.84 Å². The Balaban J connectivity index is 1.71. The van der Waals surface area contributed by atoms with Gasteiger partial charge in [-0.3, -0.25) is 9.80 Å². The molecule has 1 N–H and O–H groups in total. The second-order valence-electron chi connectivity index (χ2n) is 6.51. The summed E-state index contributed by atoms with van der Waals surface area (Å²) >= 11 is 6.12. The van der Waals surface area contributed by atoms with Crippen molar-refractivity contribution >= 4 is 17.6 Å². The van der Waals surface area contributed by atoms with Crippen molar-refractivity contribution in [3.63, 3.8) is 0 Å². The second-order valence-corrected chi connectivity index (χ2v) is 6.95. The van der Waals surface area contributed by atoms with Crippen LogP contribution in [0.4, 0.5) is 0 Å². The molecule has 6 heteroatoms. The van der Waals surface area contributed by atoms with Gasteiger partial charge in [0.25, 0.3) is 0 Å². The summed E-state index contributed by atoms with van der Waals surface area (Å²) in [6.45, 7) is 2.50. The lowest BCUT2D eigenvalue weighted by Gasteiger charge is -2.26. The van der Waals surface area contributed by atoms with Crippen molar-refractivity contribution in [3.8, 4) is 5.75 Å². The van der Waals surface area contributed by atoms with Crippen LogP contribution in [0.15, 0.2) is 18.2 Å². The van der Waals surface area contributed by atoms with E-state index >= 15 is 0 Å². The molecule has 0 spiro atoms. The number of carbonyl (C=O) groups is 1. The Hall–Kier alpha value is -1.30. The highest BCUT2D eigenvalue weighted by atomic mass is 35.5. The van der Waals surface area contributed by atoms with Crippen molar-refractivity contribution in [3.05, 3.63) is 28.8 Å². The van der Waals surface area contributed by atoms with E-state index in [-0.39, 0.29) is 6.61 Å². The van der Waals surface area contributed by atoms with Gasteiger partial charge in [-0.05, 0) is 44.5 Å². The number of carboxylic acid groups (broad SMARTS) is 1. The first-order valence-electron chi connectivity index (χ1n) is 8.10. The zero-order chi connectivity index (χ0) is 16.4. The largest absolute Gasteiger partial charge is 0.482 e. The number of fused-ring (bicyclic) bond motifs is 2. The van der Waals surface area contributed by atoms with Gasteiger partial charge in [0, 0.05) is 42.3 Å². The Morgan fingerprint density at radius 3 is 2.91 bits per heavy atom. The van der Waals surface area contributed by atoms with Crippen molar-refractivity contribution in [2.45, 2.75) is 37.9 Å². The number of likely N-dealkylation sites (N-methyl/N-ethyl adjacent to an activating group) is 1. The van der Waals surface area contributed by atoms with Crippen LogP contribution in [0.25, 0.3) is 0 Å². The highest BCUT2D eigenvalue weighted by molar-refractivity contribution is 6.30. The number of halogens is 1. The van der Waals surface area contributed by atoms with Gasteiger partial charge in [0.2, 0.25) is 0 Å². The van der Waals surface area contributed by atoms with Crippen LogP contribution in [0.3, 0.4) is 0 Å². The van der Waals surface area contributed by atoms with E-state index in [4.69, 9.17) is 21.4 Å². The van der Waals surface area contributed by atoms with E-state index in [1.807, 2.05) is 6.07 Å². The van der Waals surface area contributed by atoms with Crippen LogP contribution < -0.4 is 4.74 Å². The third-order valence-corrected chi connectivity index (χ3v) is 5.24. The minimum Gasteiger partial charge on any atom is -0.482 e. The van der Waals surface area contributed by atoms with Gasteiger partial charge in [-0.15, -0.1) is 0 Å². The minimum atomic E-state index is -0.973. The molecule has 23 heavy (non-hydrogen) atoms. The van der Waals surface area contributed by atoms with Crippen molar-refractivity contribution in [2.24, 2.45) is 0 Å². The zero-order valence-electron chi connectivity index (χ0n) is 13.4. The van der Waals surface area contributed by atoms with Crippen molar-refractivity contribution in [2.75, 3.05) is 26.7 Å². The predicted octanol–water partition coefficient (Wildman–Crippen LogP) is 2.47. The molecule has 126 valence electrons. The quantitative estimate of drug-likeness (QED) is 0.894. The fourth-order valence-corrected chi connectivity index (χ4v) is 3.91. The Bertz CT molecular complexity index is 581. The number of ether oxygens (including phenoxy) is 1. The topological polar surface area (TPSA) is 53.0 Å². The molecule has 0 unspecified atom stereocenters. The number of nitrogens with zero attached hydrogens (tertiary/aromatic N) is 2. The first kappa shape index (κ1) is 16.6. The molecule has 1 aromatic rings. The van der Waals surface area contributed by atoms with Crippen molar-refractivity contribution in [1.29, 1.82) is 0 Å². The summed E-state index contributed by atoms with van der Waals surface area (Å²) in [5.74, 6) is -0.362. The van der Waals surface area contributed by atoms with E-state index in [1.165, 1.54) is 19.3 Å². The smallest absolute Gasteiger partial charge is 0.341 e. The van der Waals surface area contributed by atoms with Gasteiger partial charge in [-0.25, -0.2) is 4.79 Å². The fraction of sp³-hybridized carbons (Fsp3) is 0.588. The molecule has 0 aliphatic carbocycles. The third-order valence-electron chi connectivity index (χ3n) is 5.00. The molecule has 0 aromatic heterocycles. The molecule has 2 saturated heterocycles. The molecule has 5 nitrogen and oxygen atoms in total. The van der Waals surface area contributed by atoms with Crippen LogP contribution >= 0.6 is 11.6 Å². The molecule has 2 aliphatic heterocycles. The summed E-state index contributed by atoms with van der Waals surface area (Å²) in [5, 5.41) is 9.46. The monoisotopic (exact) mass is 338 g/mol. The van der Waals surface area contributed by atoms with Crippen LogP contribution in [-0.4, -0.2) is 59.7 Å². The van der Waals surface area contributed by atoms with Gasteiger partial charge in [0.15, 0.2) is 6.61 Å². The average Bonchev–Trinajstić information content (AvgIpc) is 2.74. The number of likely N-dealkylation sites (tertiary alicyclic amines) is 1. The summed E-state index contributed by atoms with van der Waals surface area (Å²) in [7, 11) is 2.23. The highest BCUT2D eigenvalue weighted by Gasteiger charge is 2.34. The normalized spacial score (nSPS) is 25.3. The summed E-state index contributed by atoms with van der Waals surface area (Å²) in [6.07, 6.45) is 3.74. The van der Waals surface area contributed by atoms with Gasteiger partial charge in [0.1, 0.15) is 5.75 Å². The zero-order valence-corrected chi connectivity index (χ0v) is 14.1. The second kappa shape index (κ2) is 7.07. The van der Waals surface area contributed by atoms with Crippen molar-refractivity contribution in [1.82, 2.24) is 9.80 Å². The summed E-state index contributed by atoms with van der Waals surface area (Å²) in [6, 6.07) is 6.69.